The summed E-state index contributed by atoms with van der Waals surface area (Å²) in [5, 5.41) is 12.2. The number of piperidine rings is 1. The number of hydrogen-bond acceptors (Lipinski definition) is 3. The lowest BCUT2D eigenvalue weighted by Gasteiger charge is -2.30. The van der Waals surface area contributed by atoms with Crippen LogP contribution in [0.3, 0.4) is 0 Å². The number of carbonyl (C=O) groups is 1. The number of nitriles is 1. The Morgan fingerprint density at radius 3 is 2.65 bits per heavy atom. The van der Waals surface area contributed by atoms with Gasteiger partial charge >= 0.3 is 0 Å². The predicted molar refractivity (Wildman–Crippen MR) is 86.8 cm³/mol. The fourth-order valence-electron chi connectivity index (χ4n) is 2.57. The third-order valence-electron chi connectivity index (χ3n) is 4.14. The molecule has 0 saturated carbocycles. The van der Waals surface area contributed by atoms with E-state index in [-0.39, 0.29) is 17.3 Å². The largest absolute Gasteiger partial charge is 0.389 e. The minimum Gasteiger partial charge on any atom is -0.389 e. The number of amides is 1. The molecule has 0 radical (unpaired) electrons. The fourth-order valence-corrected chi connectivity index (χ4v) is 2.57. The summed E-state index contributed by atoms with van der Waals surface area (Å²) in [6.45, 7) is 4.20. The zero-order valence-electron chi connectivity index (χ0n) is 13.4. The van der Waals surface area contributed by atoms with Crippen LogP contribution in [0, 0.1) is 23.1 Å². The summed E-state index contributed by atoms with van der Waals surface area (Å²) >= 11 is 0. The molecule has 1 N–H and O–H groups in total. The first-order valence-electron chi connectivity index (χ1n) is 7.97. The molecule has 23 heavy (non-hydrogen) atoms. The lowest BCUT2D eigenvalue weighted by molar-refractivity contribution is -0.128. The van der Waals surface area contributed by atoms with Gasteiger partial charge in [0.2, 0.25) is 0 Å². The first-order valence-corrected chi connectivity index (χ1v) is 7.97. The number of likely N-dealkylation sites (tertiary alicyclic amines) is 1. The molecule has 1 saturated heterocycles. The van der Waals surface area contributed by atoms with Crippen molar-refractivity contribution in [1.82, 2.24) is 10.2 Å². The summed E-state index contributed by atoms with van der Waals surface area (Å²) in [5.41, 5.74) is 1.14. The Morgan fingerprint density at radius 2 is 2.04 bits per heavy atom. The molecule has 2 rings (SSSR count). The smallest absolute Gasteiger partial charge is 0.265 e. The molecule has 4 nitrogen and oxygen atoms in total. The zero-order chi connectivity index (χ0) is 16.7. The third kappa shape index (κ3) is 5.10. The zero-order valence-corrected chi connectivity index (χ0v) is 13.4. The van der Waals surface area contributed by atoms with E-state index in [0.717, 1.165) is 18.4 Å². The molecule has 1 heterocycles. The van der Waals surface area contributed by atoms with Gasteiger partial charge in [0.05, 0.1) is 0 Å². The number of carbonyl (C=O) groups excluding carboxylic acids is 1. The van der Waals surface area contributed by atoms with Crippen LogP contribution in [0.15, 0.2) is 36.0 Å². The number of rotatable bonds is 5. The van der Waals surface area contributed by atoms with Crippen molar-refractivity contribution < 1.29 is 9.18 Å². The van der Waals surface area contributed by atoms with Crippen molar-refractivity contribution in [1.29, 1.82) is 5.26 Å². The monoisotopic (exact) mass is 315 g/mol. The predicted octanol–water partition coefficient (Wildman–Crippen LogP) is 2.62. The van der Waals surface area contributed by atoms with E-state index in [2.05, 4.69) is 12.2 Å². The number of benzene rings is 1. The fraction of sp³-hybridized carbons (Fsp3) is 0.444. The summed E-state index contributed by atoms with van der Waals surface area (Å²) in [6, 6.07) is 8.28. The highest BCUT2D eigenvalue weighted by atomic mass is 19.1. The SMILES string of the molecule is CC1CCN(C(=O)/C(C#N)=C\NCCc2ccc(F)cc2)CC1. The summed E-state index contributed by atoms with van der Waals surface area (Å²) in [5.74, 6) is 0.186. The first kappa shape index (κ1) is 17.0. The Hall–Kier alpha value is -2.35. The van der Waals surface area contributed by atoms with E-state index in [4.69, 9.17) is 0 Å². The van der Waals surface area contributed by atoms with Crippen molar-refractivity contribution in [3.63, 3.8) is 0 Å². The molecule has 1 aromatic rings. The Kier molecular flexibility index (Phi) is 6.16. The van der Waals surface area contributed by atoms with Crippen LogP contribution >= 0.6 is 0 Å². The van der Waals surface area contributed by atoms with Gasteiger partial charge in [-0.1, -0.05) is 19.1 Å². The van der Waals surface area contributed by atoms with Gasteiger partial charge in [-0.2, -0.15) is 5.26 Å². The number of nitrogens with one attached hydrogen (secondary N) is 1. The van der Waals surface area contributed by atoms with Crippen LogP contribution in [0.5, 0.6) is 0 Å². The minimum absolute atomic E-state index is 0.138. The van der Waals surface area contributed by atoms with E-state index in [1.54, 1.807) is 17.0 Å². The van der Waals surface area contributed by atoms with Crippen LogP contribution in [0.4, 0.5) is 4.39 Å². The van der Waals surface area contributed by atoms with E-state index in [9.17, 15) is 14.4 Å². The molecule has 0 spiro atoms. The minimum atomic E-state index is -0.255. The van der Waals surface area contributed by atoms with Gasteiger partial charge in [-0.05, 0) is 42.9 Å². The van der Waals surface area contributed by atoms with E-state index >= 15 is 0 Å². The average molecular weight is 315 g/mol. The molecule has 0 atom stereocenters. The topological polar surface area (TPSA) is 56.1 Å². The first-order chi connectivity index (χ1) is 11.1. The van der Waals surface area contributed by atoms with Gasteiger partial charge in [-0.3, -0.25) is 4.79 Å². The van der Waals surface area contributed by atoms with Gasteiger partial charge in [0.15, 0.2) is 0 Å². The molecule has 1 aromatic carbocycles. The van der Waals surface area contributed by atoms with Crippen molar-refractivity contribution in [2.45, 2.75) is 26.2 Å². The van der Waals surface area contributed by atoms with E-state index < -0.39 is 0 Å². The lowest BCUT2D eigenvalue weighted by atomic mass is 9.99. The van der Waals surface area contributed by atoms with Crippen molar-refractivity contribution >= 4 is 5.91 Å². The summed E-state index contributed by atoms with van der Waals surface area (Å²) in [6.07, 6.45) is 4.17. The van der Waals surface area contributed by atoms with Gasteiger partial charge in [0.25, 0.3) is 5.91 Å². The molecule has 5 heteroatoms. The third-order valence-corrected chi connectivity index (χ3v) is 4.14. The van der Waals surface area contributed by atoms with E-state index in [1.165, 1.54) is 18.3 Å². The normalized spacial score (nSPS) is 16.0. The van der Waals surface area contributed by atoms with Crippen LogP contribution in [0.2, 0.25) is 0 Å². The van der Waals surface area contributed by atoms with Crippen molar-refractivity contribution in [3.05, 3.63) is 47.4 Å². The highest BCUT2D eigenvalue weighted by Crippen LogP contribution is 2.17. The number of nitrogens with zero attached hydrogens (tertiary/aromatic N) is 2. The van der Waals surface area contributed by atoms with Crippen molar-refractivity contribution in [2.75, 3.05) is 19.6 Å². The molecule has 0 bridgehead atoms. The van der Waals surface area contributed by atoms with E-state index in [0.29, 0.717) is 32.0 Å². The second-order valence-electron chi connectivity index (χ2n) is 5.98. The summed E-state index contributed by atoms with van der Waals surface area (Å²) in [7, 11) is 0. The maximum atomic E-state index is 12.8. The highest BCUT2D eigenvalue weighted by Gasteiger charge is 2.22. The summed E-state index contributed by atoms with van der Waals surface area (Å²) < 4.78 is 12.8. The Balaban J connectivity index is 1.83. The molecule has 1 aliphatic rings. The second kappa shape index (κ2) is 8.33. The van der Waals surface area contributed by atoms with Gasteiger partial charge in [-0.15, -0.1) is 0 Å². The highest BCUT2D eigenvalue weighted by molar-refractivity contribution is 5.97. The second-order valence-corrected chi connectivity index (χ2v) is 5.98. The van der Waals surface area contributed by atoms with Crippen LogP contribution in [-0.2, 0) is 11.2 Å². The molecular formula is C18H22FN3O. The molecule has 1 amide bonds. The van der Waals surface area contributed by atoms with Gasteiger partial charge in [0.1, 0.15) is 17.5 Å². The Labute approximate surface area is 136 Å². The molecule has 1 aliphatic heterocycles. The maximum absolute atomic E-state index is 12.8. The number of halogens is 1. The average Bonchev–Trinajstić information content (AvgIpc) is 2.57. The van der Waals surface area contributed by atoms with Crippen LogP contribution in [-0.4, -0.2) is 30.4 Å². The maximum Gasteiger partial charge on any atom is 0.265 e. The summed E-state index contributed by atoms with van der Waals surface area (Å²) in [4.78, 5) is 14.0. The van der Waals surface area contributed by atoms with Crippen LogP contribution < -0.4 is 5.32 Å². The Morgan fingerprint density at radius 1 is 1.39 bits per heavy atom. The van der Waals surface area contributed by atoms with Gasteiger partial charge in [0, 0.05) is 25.8 Å². The Bertz CT molecular complexity index is 596. The van der Waals surface area contributed by atoms with Crippen LogP contribution in [0.25, 0.3) is 0 Å². The standard InChI is InChI=1S/C18H22FN3O/c1-14-7-10-22(11-8-14)18(23)16(12-20)13-21-9-6-15-2-4-17(19)5-3-15/h2-5,13-14,21H,6-11H2,1H3/b16-13-. The molecular weight excluding hydrogens is 293 g/mol. The molecule has 0 aliphatic carbocycles. The van der Waals surface area contributed by atoms with Crippen molar-refractivity contribution in [2.24, 2.45) is 5.92 Å². The molecule has 0 aromatic heterocycles. The van der Waals surface area contributed by atoms with E-state index in [1.807, 2.05) is 6.07 Å². The quantitative estimate of drug-likeness (QED) is 0.516. The molecule has 0 unspecified atom stereocenters. The lowest BCUT2D eigenvalue weighted by Crippen LogP contribution is -2.38. The van der Waals surface area contributed by atoms with Crippen LogP contribution in [0.1, 0.15) is 25.3 Å². The molecule has 122 valence electrons. The van der Waals surface area contributed by atoms with Gasteiger partial charge < -0.3 is 10.2 Å². The van der Waals surface area contributed by atoms with Gasteiger partial charge in [-0.25, -0.2) is 4.39 Å². The molecule has 1 fully saturated rings. The number of hydrogen-bond donors (Lipinski definition) is 1. The van der Waals surface area contributed by atoms with Crippen molar-refractivity contribution in [3.8, 4) is 6.07 Å².